The molecular weight excluding hydrogens is 495 g/mol. The second-order valence-corrected chi connectivity index (χ2v) is 8.55. The molecular formula is C26H20Cl2N8. The zero-order chi connectivity index (χ0) is 24.7. The molecule has 0 atom stereocenters. The summed E-state index contributed by atoms with van der Waals surface area (Å²) in [7, 11) is 0. The molecule has 10 heteroatoms. The van der Waals surface area contributed by atoms with Gasteiger partial charge in [0.15, 0.2) is 0 Å². The van der Waals surface area contributed by atoms with Crippen molar-refractivity contribution in [2.24, 2.45) is 0 Å². The standard InChI is InChI=1S/C26H20Cl2N8/c27-21-11-23(31-16-29-21)35(14-19-7-3-1-4-8-19)25-13-26(34-18-33-25)36(15-20-9-5-2-6-10-20)24-12-22(28)30-17-32-24/h1-13,16-18H,14-15H2. The van der Waals surface area contributed by atoms with Crippen LogP contribution in [0.1, 0.15) is 11.1 Å². The molecule has 2 aromatic carbocycles. The minimum atomic E-state index is 0.341. The number of benzene rings is 2. The third-order valence-corrected chi connectivity index (χ3v) is 5.76. The van der Waals surface area contributed by atoms with Gasteiger partial charge in [0, 0.05) is 18.2 Å². The zero-order valence-corrected chi connectivity index (χ0v) is 20.5. The van der Waals surface area contributed by atoms with Gasteiger partial charge in [0.25, 0.3) is 0 Å². The minimum Gasteiger partial charge on any atom is -0.306 e. The van der Waals surface area contributed by atoms with Gasteiger partial charge in [-0.25, -0.2) is 29.9 Å². The van der Waals surface area contributed by atoms with Gasteiger partial charge in [-0.3, -0.25) is 0 Å². The molecule has 3 aromatic heterocycles. The largest absolute Gasteiger partial charge is 0.306 e. The average Bonchev–Trinajstić information content (AvgIpc) is 2.91. The lowest BCUT2D eigenvalue weighted by Gasteiger charge is -2.26. The summed E-state index contributed by atoms with van der Waals surface area (Å²) in [5.74, 6) is 2.50. The zero-order valence-electron chi connectivity index (χ0n) is 19.0. The molecule has 0 amide bonds. The van der Waals surface area contributed by atoms with Crippen LogP contribution in [0.25, 0.3) is 0 Å². The van der Waals surface area contributed by atoms with Gasteiger partial charge in [-0.1, -0.05) is 83.9 Å². The molecule has 0 spiro atoms. The fourth-order valence-electron chi connectivity index (χ4n) is 3.67. The number of halogens is 2. The summed E-state index contributed by atoms with van der Waals surface area (Å²) in [5, 5.41) is 0.683. The van der Waals surface area contributed by atoms with Crippen LogP contribution < -0.4 is 9.80 Å². The Morgan fingerprint density at radius 2 is 0.833 bits per heavy atom. The van der Waals surface area contributed by atoms with E-state index >= 15 is 0 Å². The maximum Gasteiger partial charge on any atom is 0.139 e. The fourth-order valence-corrected chi connectivity index (χ4v) is 3.95. The quantitative estimate of drug-likeness (QED) is 0.231. The number of aromatic nitrogens is 6. The Kier molecular flexibility index (Phi) is 7.25. The highest BCUT2D eigenvalue weighted by atomic mass is 35.5. The molecule has 0 radical (unpaired) electrons. The summed E-state index contributed by atoms with van der Waals surface area (Å²) in [6, 6.07) is 25.4. The smallest absolute Gasteiger partial charge is 0.139 e. The first-order valence-electron chi connectivity index (χ1n) is 11.1. The molecule has 0 unspecified atom stereocenters. The van der Waals surface area contributed by atoms with Crippen molar-refractivity contribution in [3.63, 3.8) is 0 Å². The van der Waals surface area contributed by atoms with Crippen molar-refractivity contribution in [3.05, 3.63) is 119 Å². The van der Waals surface area contributed by atoms with Crippen LogP contribution in [0, 0.1) is 0 Å². The van der Waals surface area contributed by atoms with E-state index in [2.05, 4.69) is 29.9 Å². The first-order chi connectivity index (χ1) is 17.7. The molecule has 5 rings (SSSR count). The van der Waals surface area contributed by atoms with E-state index in [-0.39, 0.29) is 0 Å². The van der Waals surface area contributed by atoms with Gasteiger partial charge in [0.1, 0.15) is 52.6 Å². The predicted octanol–water partition coefficient (Wildman–Crippen LogP) is 6.04. The molecule has 0 aliphatic carbocycles. The highest BCUT2D eigenvalue weighted by molar-refractivity contribution is 6.29. The van der Waals surface area contributed by atoms with Crippen LogP contribution in [-0.2, 0) is 13.1 Å². The van der Waals surface area contributed by atoms with Gasteiger partial charge in [0.05, 0.1) is 13.1 Å². The van der Waals surface area contributed by atoms with E-state index in [1.54, 1.807) is 12.1 Å². The topological polar surface area (TPSA) is 83.8 Å². The highest BCUT2D eigenvalue weighted by Gasteiger charge is 2.19. The van der Waals surface area contributed by atoms with Gasteiger partial charge in [0.2, 0.25) is 0 Å². The lowest BCUT2D eigenvalue weighted by Crippen LogP contribution is -2.22. The Bertz CT molecular complexity index is 1330. The third-order valence-electron chi connectivity index (χ3n) is 5.35. The van der Waals surface area contributed by atoms with E-state index in [0.717, 1.165) is 11.1 Å². The number of rotatable bonds is 8. The summed E-state index contributed by atoms with van der Waals surface area (Å²) in [5.41, 5.74) is 2.16. The van der Waals surface area contributed by atoms with Crippen molar-refractivity contribution >= 4 is 46.5 Å². The first kappa shape index (κ1) is 23.6. The molecule has 8 nitrogen and oxygen atoms in total. The van der Waals surface area contributed by atoms with Crippen LogP contribution in [0.5, 0.6) is 0 Å². The molecule has 3 heterocycles. The monoisotopic (exact) mass is 514 g/mol. The van der Waals surface area contributed by atoms with Crippen LogP contribution in [0.15, 0.2) is 97.8 Å². The molecule has 0 bridgehead atoms. The predicted molar refractivity (Wildman–Crippen MR) is 141 cm³/mol. The number of hydrogen-bond donors (Lipinski definition) is 0. The van der Waals surface area contributed by atoms with Crippen LogP contribution >= 0.6 is 23.2 Å². The second kappa shape index (κ2) is 11.1. The van der Waals surface area contributed by atoms with Gasteiger partial charge >= 0.3 is 0 Å². The van der Waals surface area contributed by atoms with Crippen molar-refractivity contribution < 1.29 is 0 Å². The lowest BCUT2D eigenvalue weighted by molar-refractivity contribution is 0.883. The fraction of sp³-hybridized carbons (Fsp3) is 0.0769. The maximum absolute atomic E-state index is 6.20. The summed E-state index contributed by atoms with van der Waals surface area (Å²) < 4.78 is 0. The molecule has 0 N–H and O–H groups in total. The summed E-state index contributed by atoms with van der Waals surface area (Å²) in [6.45, 7) is 1.03. The molecule has 0 aliphatic heterocycles. The van der Waals surface area contributed by atoms with Crippen LogP contribution in [0.4, 0.5) is 23.3 Å². The molecule has 0 saturated heterocycles. The molecule has 36 heavy (non-hydrogen) atoms. The molecule has 178 valence electrons. The van der Waals surface area contributed by atoms with Crippen molar-refractivity contribution in [1.82, 2.24) is 29.9 Å². The number of anilines is 4. The SMILES string of the molecule is Clc1cc(N(Cc2ccccc2)c2cc(N(Cc3ccccc3)c3cc(Cl)ncn3)ncn2)ncn1. The molecule has 5 aromatic rings. The second-order valence-electron chi connectivity index (χ2n) is 7.78. The number of hydrogen-bond acceptors (Lipinski definition) is 8. The Morgan fingerprint density at radius 3 is 1.22 bits per heavy atom. The number of nitrogens with zero attached hydrogens (tertiary/aromatic N) is 8. The lowest BCUT2D eigenvalue weighted by atomic mass is 10.2. The van der Waals surface area contributed by atoms with E-state index < -0.39 is 0 Å². The van der Waals surface area contributed by atoms with E-state index in [1.165, 1.54) is 19.0 Å². The van der Waals surface area contributed by atoms with Crippen molar-refractivity contribution in [2.45, 2.75) is 13.1 Å². The van der Waals surface area contributed by atoms with E-state index in [9.17, 15) is 0 Å². The Labute approximate surface area is 218 Å². The Balaban J connectivity index is 1.57. The highest BCUT2D eigenvalue weighted by Crippen LogP contribution is 2.31. The summed E-state index contributed by atoms with van der Waals surface area (Å²) in [4.78, 5) is 30.0. The van der Waals surface area contributed by atoms with Gasteiger partial charge < -0.3 is 9.80 Å². The molecule has 0 aliphatic rings. The summed E-state index contributed by atoms with van der Waals surface area (Å²) in [6.07, 6.45) is 4.39. The van der Waals surface area contributed by atoms with Gasteiger partial charge in [-0.2, -0.15) is 0 Å². The first-order valence-corrected chi connectivity index (χ1v) is 11.8. The van der Waals surface area contributed by atoms with Crippen LogP contribution in [0.3, 0.4) is 0 Å². The normalized spacial score (nSPS) is 10.7. The maximum atomic E-state index is 6.20. The van der Waals surface area contributed by atoms with E-state index in [0.29, 0.717) is 46.7 Å². The third kappa shape index (κ3) is 5.73. The van der Waals surface area contributed by atoms with Crippen molar-refractivity contribution in [2.75, 3.05) is 9.80 Å². The van der Waals surface area contributed by atoms with Crippen LogP contribution in [-0.4, -0.2) is 29.9 Å². The molecule has 0 fully saturated rings. The average molecular weight is 515 g/mol. The summed E-state index contributed by atoms with van der Waals surface area (Å²) >= 11 is 12.4. The van der Waals surface area contributed by atoms with E-state index in [4.69, 9.17) is 23.2 Å². The Morgan fingerprint density at radius 1 is 0.472 bits per heavy atom. The van der Waals surface area contributed by atoms with Crippen molar-refractivity contribution in [1.29, 1.82) is 0 Å². The van der Waals surface area contributed by atoms with Crippen molar-refractivity contribution in [3.8, 4) is 0 Å². The molecule has 0 saturated carbocycles. The van der Waals surface area contributed by atoms with Crippen LogP contribution in [0.2, 0.25) is 10.3 Å². The van der Waals surface area contributed by atoms with Gasteiger partial charge in [-0.05, 0) is 11.1 Å². The van der Waals surface area contributed by atoms with E-state index in [1.807, 2.05) is 76.5 Å². The Hall–Kier alpha value is -4.14. The van der Waals surface area contributed by atoms with Gasteiger partial charge in [-0.15, -0.1) is 0 Å². The minimum absolute atomic E-state index is 0.341.